The molecule has 5 heteroatoms. The Hall–Kier alpha value is -1.72. The highest BCUT2D eigenvalue weighted by Gasteiger charge is 2.41. The van der Waals surface area contributed by atoms with E-state index in [4.69, 9.17) is 5.73 Å². The van der Waals surface area contributed by atoms with Gasteiger partial charge in [0.1, 0.15) is 0 Å². The normalized spacial score (nSPS) is 16.8. The number of amides is 1. The van der Waals surface area contributed by atoms with Crippen molar-refractivity contribution in [3.8, 4) is 0 Å². The highest BCUT2D eigenvalue weighted by atomic mass is 32.1. The SMILES string of the molecule is CC(CN)(NC(=O)Cc1csc(Cc2ccccc2)n1)C1CC1. The minimum Gasteiger partial charge on any atom is -0.349 e. The van der Waals surface area contributed by atoms with Crippen LogP contribution in [0, 0.1) is 5.92 Å². The summed E-state index contributed by atoms with van der Waals surface area (Å²) in [6, 6.07) is 10.3. The lowest BCUT2D eigenvalue weighted by atomic mass is 9.95. The Morgan fingerprint density at radius 2 is 2.13 bits per heavy atom. The molecule has 0 saturated heterocycles. The summed E-state index contributed by atoms with van der Waals surface area (Å²) < 4.78 is 0. The highest BCUT2D eigenvalue weighted by Crippen LogP contribution is 2.38. The van der Waals surface area contributed by atoms with Gasteiger partial charge in [0.2, 0.25) is 5.91 Å². The maximum atomic E-state index is 12.3. The van der Waals surface area contributed by atoms with Crippen LogP contribution in [-0.2, 0) is 17.6 Å². The Bertz CT molecular complexity index is 666. The van der Waals surface area contributed by atoms with E-state index in [1.54, 1.807) is 11.3 Å². The Labute approximate surface area is 141 Å². The van der Waals surface area contributed by atoms with E-state index in [-0.39, 0.29) is 11.4 Å². The van der Waals surface area contributed by atoms with Crippen LogP contribution in [-0.4, -0.2) is 23.0 Å². The molecular formula is C18H23N3OS. The summed E-state index contributed by atoms with van der Waals surface area (Å²) in [6.45, 7) is 2.53. The lowest BCUT2D eigenvalue weighted by Crippen LogP contribution is -2.53. The third-order valence-electron chi connectivity index (χ3n) is 4.47. The number of hydrogen-bond donors (Lipinski definition) is 2. The quantitative estimate of drug-likeness (QED) is 0.820. The van der Waals surface area contributed by atoms with Gasteiger partial charge in [-0.2, -0.15) is 0 Å². The molecule has 0 radical (unpaired) electrons. The zero-order valence-electron chi connectivity index (χ0n) is 13.4. The molecule has 1 atom stereocenters. The molecule has 1 fully saturated rings. The second-order valence-electron chi connectivity index (χ2n) is 6.52. The van der Waals surface area contributed by atoms with Crippen LogP contribution in [0.1, 0.15) is 36.0 Å². The highest BCUT2D eigenvalue weighted by molar-refractivity contribution is 7.09. The number of rotatable bonds is 7. The van der Waals surface area contributed by atoms with Crippen LogP contribution in [0.2, 0.25) is 0 Å². The fourth-order valence-electron chi connectivity index (χ4n) is 2.85. The smallest absolute Gasteiger partial charge is 0.226 e. The van der Waals surface area contributed by atoms with Gasteiger partial charge in [0.05, 0.1) is 22.7 Å². The van der Waals surface area contributed by atoms with Gasteiger partial charge in [-0.1, -0.05) is 30.3 Å². The topological polar surface area (TPSA) is 68.0 Å². The molecule has 0 bridgehead atoms. The van der Waals surface area contributed by atoms with Crippen molar-refractivity contribution < 1.29 is 4.79 Å². The van der Waals surface area contributed by atoms with Crippen LogP contribution >= 0.6 is 11.3 Å². The van der Waals surface area contributed by atoms with E-state index in [9.17, 15) is 4.79 Å². The van der Waals surface area contributed by atoms with Gasteiger partial charge in [-0.05, 0) is 31.2 Å². The molecule has 1 aromatic carbocycles. The maximum Gasteiger partial charge on any atom is 0.226 e. The predicted octanol–water partition coefficient (Wildman–Crippen LogP) is 2.52. The summed E-state index contributed by atoms with van der Waals surface area (Å²) in [5.41, 5.74) is 7.67. The molecule has 0 aliphatic heterocycles. The van der Waals surface area contributed by atoms with Gasteiger partial charge in [-0.15, -0.1) is 11.3 Å². The molecule has 3 rings (SSSR count). The first kappa shape index (κ1) is 16.1. The van der Waals surface area contributed by atoms with Crippen LogP contribution < -0.4 is 11.1 Å². The van der Waals surface area contributed by atoms with Crippen LogP contribution in [0.15, 0.2) is 35.7 Å². The number of nitrogens with two attached hydrogens (primary N) is 1. The van der Waals surface area contributed by atoms with E-state index in [1.807, 2.05) is 30.5 Å². The van der Waals surface area contributed by atoms with Gasteiger partial charge >= 0.3 is 0 Å². The first-order valence-electron chi connectivity index (χ1n) is 8.07. The number of thiazole rings is 1. The van der Waals surface area contributed by atoms with E-state index in [1.165, 1.54) is 5.56 Å². The monoisotopic (exact) mass is 329 g/mol. The molecule has 23 heavy (non-hydrogen) atoms. The summed E-state index contributed by atoms with van der Waals surface area (Å²) in [5, 5.41) is 6.14. The Balaban J connectivity index is 1.57. The number of carbonyl (C=O) groups is 1. The van der Waals surface area contributed by atoms with E-state index < -0.39 is 0 Å². The Morgan fingerprint density at radius 3 is 2.78 bits per heavy atom. The summed E-state index contributed by atoms with van der Waals surface area (Å²) in [7, 11) is 0. The summed E-state index contributed by atoms with van der Waals surface area (Å²) in [4.78, 5) is 16.9. The van der Waals surface area contributed by atoms with Gasteiger partial charge < -0.3 is 11.1 Å². The molecular weight excluding hydrogens is 306 g/mol. The first-order valence-corrected chi connectivity index (χ1v) is 8.95. The van der Waals surface area contributed by atoms with Gasteiger partial charge in [0.15, 0.2) is 0 Å². The molecule has 1 amide bonds. The van der Waals surface area contributed by atoms with Crippen molar-refractivity contribution >= 4 is 17.2 Å². The zero-order chi connectivity index (χ0) is 16.3. The van der Waals surface area contributed by atoms with E-state index in [2.05, 4.69) is 22.4 Å². The van der Waals surface area contributed by atoms with E-state index >= 15 is 0 Å². The van der Waals surface area contributed by atoms with E-state index in [0.29, 0.717) is 18.9 Å². The largest absolute Gasteiger partial charge is 0.349 e. The number of benzene rings is 1. The number of hydrogen-bond acceptors (Lipinski definition) is 4. The first-order chi connectivity index (χ1) is 11.1. The van der Waals surface area contributed by atoms with Gasteiger partial charge in [0, 0.05) is 18.3 Å². The van der Waals surface area contributed by atoms with Crippen molar-refractivity contribution in [2.24, 2.45) is 11.7 Å². The van der Waals surface area contributed by atoms with Crippen molar-refractivity contribution in [3.05, 3.63) is 52.0 Å². The average molecular weight is 329 g/mol. The number of carbonyl (C=O) groups excluding carboxylic acids is 1. The van der Waals surface area contributed by atoms with Gasteiger partial charge in [-0.25, -0.2) is 4.98 Å². The molecule has 1 heterocycles. The van der Waals surface area contributed by atoms with Crippen molar-refractivity contribution in [2.75, 3.05) is 6.54 Å². The molecule has 1 aliphatic rings. The molecule has 1 aliphatic carbocycles. The van der Waals surface area contributed by atoms with Crippen molar-refractivity contribution in [1.29, 1.82) is 0 Å². The standard InChI is InChI=1S/C18H23N3OS/c1-18(12-19,14-7-8-14)21-16(22)10-15-11-23-17(20-15)9-13-5-3-2-4-6-13/h2-6,11,14H,7-10,12,19H2,1H3,(H,21,22). The lowest BCUT2D eigenvalue weighted by molar-refractivity contribution is -0.122. The lowest BCUT2D eigenvalue weighted by Gasteiger charge is -2.29. The van der Waals surface area contributed by atoms with Crippen LogP contribution in [0.5, 0.6) is 0 Å². The van der Waals surface area contributed by atoms with E-state index in [0.717, 1.165) is 30.0 Å². The molecule has 2 aromatic rings. The summed E-state index contributed by atoms with van der Waals surface area (Å²) in [6.07, 6.45) is 3.46. The fourth-order valence-corrected chi connectivity index (χ4v) is 3.68. The number of nitrogens with zero attached hydrogens (tertiary/aromatic N) is 1. The predicted molar refractivity (Wildman–Crippen MR) is 93.4 cm³/mol. The second kappa shape index (κ2) is 6.81. The molecule has 3 N–H and O–H groups in total. The summed E-state index contributed by atoms with van der Waals surface area (Å²) >= 11 is 1.61. The Kier molecular flexibility index (Phi) is 4.78. The molecule has 4 nitrogen and oxygen atoms in total. The number of nitrogens with one attached hydrogen (secondary N) is 1. The average Bonchev–Trinajstić information content (AvgIpc) is 3.32. The molecule has 1 aromatic heterocycles. The van der Waals surface area contributed by atoms with Crippen LogP contribution in [0.3, 0.4) is 0 Å². The minimum absolute atomic E-state index is 0.0152. The van der Waals surface area contributed by atoms with Gasteiger partial charge in [-0.3, -0.25) is 4.79 Å². The Morgan fingerprint density at radius 1 is 1.39 bits per heavy atom. The number of aromatic nitrogens is 1. The third-order valence-corrected chi connectivity index (χ3v) is 5.36. The van der Waals surface area contributed by atoms with Crippen molar-refractivity contribution in [1.82, 2.24) is 10.3 Å². The van der Waals surface area contributed by atoms with Crippen LogP contribution in [0.4, 0.5) is 0 Å². The van der Waals surface area contributed by atoms with Crippen molar-refractivity contribution in [3.63, 3.8) is 0 Å². The van der Waals surface area contributed by atoms with Gasteiger partial charge in [0.25, 0.3) is 0 Å². The fraction of sp³-hybridized carbons (Fsp3) is 0.444. The second-order valence-corrected chi connectivity index (χ2v) is 7.46. The third kappa shape index (κ3) is 4.18. The van der Waals surface area contributed by atoms with Crippen molar-refractivity contribution in [2.45, 2.75) is 38.1 Å². The minimum atomic E-state index is -0.264. The maximum absolute atomic E-state index is 12.3. The molecule has 0 spiro atoms. The molecule has 122 valence electrons. The molecule has 1 unspecified atom stereocenters. The molecule has 1 saturated carbocycles. The zero-order valence-corrected chi connectivity index (χ0v) is 14.2. The van der Waals surface area contributed by atoms with Crippen LogP contribution in [0.25, 0.3) is 0 Å². The summed E-state index contributed by atoms with van der Waals surface area (Å²) in [5.74, 6) is 0.543.